The van der Waals surface area contributed by atoms with Gasteiger partial charge in [-0.05, 0) is 24.6 Å². The second kappa shape index (κ2) is 6.66. The Bertz CT molecular complexity index is 622. The molecule has 1 aromatic rings. The van der Waals surface area contributed by atoms with Crippen LogP contribution in [0.25, 0.3) is 0 Å². The molecule has 0 aromatic heterocycles. The maximum absolute atomic E-state index is 12.8. The fraction of sp³-hybridized carbons (Fsp3) is 0.429. The zero-order valence-corrected chi connectivity index (χ0v) is 13.0. The topological polar surface area (TPSA) is 61.4 Å². The second-order valence-corrected chi connectivity index (χ2v) is 5.71. The molecular formula is C14H15ClF3N3O2. The number of nitrogens with one attached hydrogen (secondary N) is 2. The van der Waals surface area contributed by atoms with Crippen molar-refractivity contribution in [2.45, 2.75) is 25.1 Å². The van der Waals surface area contributed by atoms with E-state index in [1.54, 1.807) is 7.05 Å². The van der Waals surface area contributed by atoms with E-state index in [-0.39, 0.29) is 17.6 Å². The molecule has 1 aliphatic rings. The minimum atomic E-state index is -4.60. The molecule has 1 aromatic carbocycles. The van der Waals surface area contributed by atoms with Crippen LogP contribution in [-0.4, -0.2) is 36.5 Å². The van der Waals surface area contributed by atoms with Gasteiger partial charge in [0.1, 0.15) is 0 Å². The molecule has 3 amide bonds. The Hall–Kier alpha value is -1.96. The normalized spacial score (nSPS) is 18.7. The Labute approximate surface area is 135 Å². The van der Waals surface area contributed by atoms with E-state index in [2.05, 4.69) is 10.6 Å². The molecule has 0 spiro atoms. The van der Waals surface area contributed by atoms with Crippen molar-refractivity contribution in [3.8, 4) is 0 Å². The van der Waals surface area contributed by atoms with Gasteiger partial charge < -0.3 is 15.5 Å². The van der Waals surface area contributed by atoms with Crippen LogP contribution >= 0.6 is 11.6 Å². The molecule has 1 fully saturated rings. The SMILES string of the molecule is CN1CC(NC(=O)Nc2ccc(Cl)c(C(F)(F)F)c2)CCC1=O. The summed E-state index contributed by atoms with van der Waals surface area (Å²) in [4.78, 5) is 24.7. The Balaban J connectivity index is 1.99. The fourth-order valence-electron chi connectivity index (χ4n) is 2.30. The first-order valence-corrected chi connectivity index (χ1v) is 7.23. The number of alkyl halides is 3. The van der Waals surface area contributed by atoms with Crippen LogP contribution in [0, 0.1) is 0 Å². The lowest BCUT2D eigenvalue weighted by atomic mass is 10.1. The summed E-state index contributed by atoms with van der Waals surface area (Å²) < 4.78 is 38.3. The van der Waals surface area contributed by atoms with Crippen LogP contribution in [0.1, 0.15) is 18.4 Å². The highest BCUT2D eigenvalue weighted by atomic mass is 35.5. The van der Waals surface area contributed by atoms with Crippen LogP contribution in [0.5, 0.6) is 0 Å². The Morgan fingerprint density at radius 3 is 2.70 bits per heavy atom. The van der Waals surface area contributed by atoms with E-state index < -0.39 is 22.8 Å². The van der Waals surface area contributed by atoms with Crippen LogP contribution in [0.15, 0.2) is 18.2 Å². The number of nitrogens with zero attached hydrogens (tertiary/aromatic N) is 1. The maximum Gasteiger partial charge on any atom is 0.417 e. The van der Waals surface area contributed by atoms with E-state index in [1.807, 2.05) is 0 Å². The third-order valence-corrected chi connectivity index (χ3v) is 3.82. The zero-order chi connectivity index (χ0) is 17.2. The number of likely N-dealkylation sites (N-methyl/N-ethyl adjacent to an activating group) is 1. The Morgan fingerprint density at radius 2 is 2.09 bits per heavy atom. The number of urea groups is 1. The second-order valence-electron chi connectivity index (χ2n) is 5.30. The highest BCUT2D eigenvalue weighted by molar-refractivity contribution is 6.31. The summed E-state index contributed by atoms with van der Waals surface area (Å²) in [6, 6.07) is 2.26. The van der Waals surface area contributed by atoms with Gasteiger partial charge in [0.2, 0.25) is 5.91 Å². The lowest BCUT2D eigenvalue weighted by Crippen LogP contribution is -2.49. The summed E-state index contributed by atoms with van der Waals surface area (Å²) in [7, 11) is 1.63. The van der Waals surface area contributed by atoms with E-state index in [4.69, 9.17) is 11.6 Å². The molecule has 2 rings (SSSR count). The van der Waals surface area contributed by atoms with Crippen molar-refractivity contribution in [2.24, 2.45) is 0 Å². The molecule has 9 heteroatoms. The predicted octanol–water partition coefficient (Wildman–Crippen LogP) is 3.10. The number of piperidine rings is 1. The molecule has 0 radical (unpaired) electrons. The van der Waals surface area contributed by atoms with Crippen LogP contribution in [0.4, 0.5) is 23.7 Å². The average Bonchev–Trinajstić information content (AvgIpc) is 2.44. The minimum Gasteiger partial charge on any atom is -0.344 e. The number of hydrogen-bond acceptors (Lipinski definition) is 2. The number of anilines is 1. The summed E-state index contributed by atoms with van der Waals surface area (Å²) in [5.74, 6) is -0.00372. The van der Waals surface area contributed by atoms with Crippen molar-refractivity contribution < 1.29 is 22.8 Å². The average molecular weight is 350 g/mol. The molecule has 2 N–H and O–H groups in total. The standard InChI is InChI=1S/C14H15ClF3N3O2/c1-21-7-9(3-5-12(21)22)20-13(23)19-8-2-4-11(15)10(6-8)14(16,17)18/h2,4,6,9H,3,5,7H2,1H3,(H2,19,20,23). The predicted molar refractivity (Wildman–Crippen MR) is 79.3 cm³/mol. The fourth-order valence-corrected chi connectivity index (χ4v) is 2.53. The number of benzene rings is 1. The molecule has 1 aliphatic heterocycles. The number of likely N-dealkylation sites (tertiary alicyclic amines) is 1. The number of carbonyl (C=O) groups excluding carboxylic acids is 2. The molecule has 0 bridgehead atoms. The highest BCUT2D eigenvalue weighted by Crippen LogP contribution is 2.36. The van der Waals surface area contributed by atoms with Gasteiger partial charge in [0.25, 0.3) is 0 Å². The van der Waals surface area contributed by atoms with Crippen LogP contribution in [-0.2, 0) is 11.0 Å². The molecule has 5 nitrogen and oxygen atoms in total. The van der Waals surface area contributed by atoms with Gasteiger partial charge in [0, 0.05) is 31.7 Å². The van der Waals surface area contributed by atoms with E-state index >= 15 is 0 Å². The molecule has 1 heterocycles. The van der Waals surface area contributed by atoms with E-state index in [9.17, 15) is 22.8 Å². The number of halogens is 4. The summed E-state index contributed by atoms with van der Waals surface area (Å²) in [5.41, 5.74) is -1.03. The molecule has 23 heavy (non-hydrogen) atoms. The van der Waals surface area contributed by atoms with Crippen molar-refractivity contribution in [1.82, 2.24) is 10.2 Å². The summed E-state index contributed by atoms with van der Waals surface area (Å²) in [5, 5.41) is 4.54. The number of amides is 3. The first-order valence-electron chi connectivity index (χ1n) is 6.85. The van der Waals surface area contributed by atoms with Gasteiger partial charge in [0.15, 0.2) is 0 Å². The molecule has 0 aliphatic carbocycles. The lowest BCUT2D eigenvalue weighted by molar-refractivity contribution is -0.137. The van der Waals surface area contributed by atoms with E-state index in [1.165, 1.54) is 11.0 Å². The van der Waals surface area contributed by atoms with Crippen molar-refractivity contribution >= 4 is 29.2 Å². The number of hydrogen-bond donors (Lipinski definition) is 2. The van der Waals surface area contributed by atoms with Gasteiger partial charge in [0.05, 0.1) is 10.6 Å². The highest BCUT2D eigenvalue weighted by Gasteiger charge is 2.33. The molecule has 1 saturated heterocycles. The summed E-state index contributed by atoms with van der Waals surface area (Å²) >= 11 is 5.52. The quantitative estimate of drug-likeness (QED) is 0.862. The lowest BCUT2D eigenvalue weighted by Gasteiger charge is -2.30. The molecule has 1 unspecified atom stereocenters. The Kier molecular flexibility index (Phi) is 5.03. The van der Waals surface area contributed by atoms with Gasteiger partial charge in [-0.3, -0.25) is 4.79 Å². The van der Waals surface area contributed by atoms with Crippen molar-refractivity contribution in [3.63, 3.8) is 0 Å². The van der Waals surface area contributed by atoms with E-state index in [0.717, 1.165) is 12.1 Å². The number of carbonyl (C=O) groups is 2. The largest absolute Gasteiger partial charge is 0.417 e. The monoisotopic (exact) mass is 349 g/mol. The van der Waals surface area contributed by atoms with E-state index in [0.29, 0.717) is 19.4 Å². The van der Waals surface area contributed by atoms with Gasteiger partial charge in [-0.25, -0.2) is 4.79 Å². The van der Waals surface area contributed by atoms with Gasteiger partial charge >= 0.3 is 12.2 Å². The van der Waals surface area contributed by atoms with Crippen molar-refractivity contribution in [3.05, 3.63) is 28.8 Å². The van der Waals surface area contributed by atoms with Crippen LogP contribution in [0.2, 0.25) is 5.02 Å². The van der Waals surface area contributed by atoms with Gasteiger partial charge in [-0.2, -0.15) is 13.2 Å². The van der Waals surface area contributed by atoms with Crippen molar-refractivity contribution in [1.29, 1.82) is 0 Å². The van der Waals surface area contributed by atoms with Gasteiger partial charge in [-0.15, -0.1) is 0 Å². The summed E-state index contributed by atoms with van der Waals surface area (Å²) in [6.45, 7) is 0.362. The first-order chi connectivity index (χ1) is 10.7. The maximum atomic E-state index is 12.8. The van der Waals surface area contributed by atoms with Gasteiger partial charge in [-0.1, -0.05) is 11.6 Å². The molecule has 1 atom stereocenters. The van der Waals surface area contributed by atoms with Crippen LogP contribution in [0.3, 0.4) is 0 Å². The minimum absolute atomic E-state index is 0.00372. The van der Waals surface area contributed by atoms with Crippen molar-refractivity contribution in [2.75, 3.05) is 18.9 Å². The number of rotatable bonds is 2. The smallest absolute Gasteiger partial charge is 0.344 e. The zero-order valence-electron chi connectivity index (χ0n) is 12.2. The third-order valence-electron chi connectivity index (χ3n) is 3.49. The van der Waals surface area contributed by atoms with Crippen LogP contribution < -0.4 is 10.6 Å². The first kappa shape index (κ1) is 17.4. The molecule has 0 saturated carbocycles. The summed E-state index contributed by atoms with van der Waals surface area (Å²) in [6.07, 6.45) is -3.79. The molecule has 126 valence electrons. The Morgan fingerprint density at radius 1 is 1.39 bits per heavy atom. The third kappa shape index (κ3) is 4.51. The molecular weight excluding hydrogens is 335 g/mol.